The molecule has 0 bridgehead atoms. The first-order chi connectivity index (χ1) is 12.8. The quantitative estimate of drug-likeness (QED) is 0.826. The predicted molar refractivity (Wildman–Crippen MR) is 98.2 cm³/mol. The first-order valence-electron chi connectivity index (χ1n) is 8.70. The fraction of sp³-hybridized carbons (Fsp3) is 0.556. The zero-order chi connectivity index (χ0) is 19.9. The maximum Gasteiger partial charge on any atom is 0.319 e. The number of methoxy groups -OCH3 is 3. The van der Waals surface area contributed by atoms with E-state index in [0.29, 0.717) is 17.2 Å². The van der Waals surface area contributed by atoms with Gasteiger partial charge in [0.2, 0.25) is 5.75 Å². The topological polar surface area (TPSA) is 92.4 Å². The molecule has 148 valence electrons. The van der Waals surface area contributed by atoms with E-state index in [2.05, 4.69) is 10.6 Å². The molecule has 1 aromatic rings. The molecule has 9 nitrogen and oxygen atoms in total. The molecular weight excluding hydrogens is 352 g/mol. The fourth-order valence-electron chi connectivity index (χ4n) is 4.02. The largest absolute Gasteiger partial charge is 0.493 e. The molecule has 0 radical (unpaired) electrons. The molecule has 2 aliphatic rings. The van der Waals surface area contributed by atoms with Crippen LogP contribution in [-0.2, 0) is 0 Å². The summed E-state index contributed by atoms with van der Waals surface area (Å²) in [6.45, 7) is 1.94. The molecule has 4 atom stereocenters. The molecule has 9 heteroatoms. The predicted octanol–water partition coefficient (Wildman–Crippen LogP) is 1.39. The summed E-state index contributed by atoms with van der Waals surface area (Å²) in [5, 5.41) is 5.89. The molecule has 2 saturated heterocycles. The smallest absolute Gasteiger partial charge is 0.319 e. The monoisotopic (exact) mass is 378 g/mol. The number of ether oxygens (including phenoxy) is 3. The lowest BCUT2D eigenvalue weighted by molar-refractivity contribution is 0.0247. The van der Waals surface area contributed by atoms with Gasteiger partial charge in [-0.25, -0.2) is 9.59 Å². The van der Waals surface area contributed by atoms with Gasteiger partial charge >= 0.3 is 12.1 Å². The Labute approximate surface area is 158 Å². The maximum absolute atomic E-state index is 12.6. The summed E-state index contributed by atoms with van der Waals surface area (Å²) in [7, 11) is 8.07. The van der Waals surface area contributed by atoms with Crippen molar-refractivity contribution in [2.24, 2.45) is 5.92 Å². The second-order valence-corrected chi connectivity index (χ2v) is 6.84. The van der Waals surface area contributed by atoms with Crippen molar-refractivity contribution >= 4 is 12.1 Å². The van der Waals surface area contributed by atoms with Crippen LogP contribution in [0.25, 0.3) is 0 Å². The Balaban J connectivity index is 2.12. The number of nitrogens with one attached hydrogen (secondary N) is 2. The summed E-state index contributed by atoms with van der Waals surface area (Å²) >= 11 is 0. The number of hydrogen-bond donors (Lipinski definition) is 2. The van der Waals surface area contributed by atoms with E-state index in [1.807, 2.05) is 19.1 Å². The number of carbonyl (C=O) groups is 2. The van der Waals surface area contributed by atoms with Gasteiger partial charge < -0.3 is 34.6 Å². The van der Waals surface area contributed by atoms with Gasteiger partial charge in [0.15, 0.2) is 11.5 Å². The lowest BCUT2D eigenvalue weighted by Crippen LogP contribution is -2.71. The van der Waals surface area contributed by atoms with Crippen LogP contribution in [0, 0.1) is 5.92 Å². The number of nitrogens with zero attached hydrogens (tertiary/aromatic N) is 2. The van der Waals surface area contributed by atoms with E-state index in [4.69, 9.17) is 14.2 Å². The lowest BCUT2D eigenvalue weighted by atomic mass is 9.81. The van der Waals surface area contributed by atoms with E-state index in [1.54, 1.807) is 40.3 Å². The van der Waals surface area contributed by atoms with Crippen molar-refractivity contribution in [1.82, 2.24) is 20.4 Å². The summed E-state index contributed by atoms with van der Waals surface area (Å²) in [5.74, 6) is 1.44. The van der Waals surface area contributed by atoms with Crippen LogP contribution in [-0.4, -0.2) is 69.5 Å². The van der Waals surface area contributed by atoms with Gasteiger partial charge in [0.1, 0.15) is 6.17 Å². The highest BCUT2D eigenvalue weighted by atomic mass is 16.5. The van der Waals surface area contributed by atoms with E-state index in [0.717, 1.165) is 5.56 Å². The van der Waals surface area contributed by atoms with Crippen LogP contribution in [0.5, 0.6) is 17.2 Å². The summed E-state index contributed by atoms with van der Waals surface area (Å²) < 4.78 is 16.3. The number of amides is 4. The van der Waals surface area contributed by atoms with Crippen molar-refractivity contribution < 1.29 is 23.8 Å². The first kappa shape index (κ1) is 18.9. The van der Waals surface area contributed by atoms with Crippen LogP contribution in [0.3, 0.4) is 0 Å². The Morgan fingerprint density at radius 3 is 1.96 bits per heavy atom. The lowest BCUT2D eigenvalue weighted by Gasteiger charge is -2.52. The van der Waals surface area contributed by atoms with Crippen LogP contribution < -0.4 is 24.8 Å². The normalized spacial score (nSPS) is 27.5. The molecule has 4 amide bonds. The molecule has 2 fully saturated rings. The van der Waals surface area contributed by atoms with Gasteiger partial charge in [-0.15, -0.1) is 0 Å². The van der Waals surface area contributed by atoms with Gasteiger partial charge in [-0.1, -0.05) is 0 Å². The van der Waals surface area contributed by atoms with Crippen LogP contribution in [0.2, 0.25) is 0 Å². The average molecular weight is 378 g/mol. The highest BCUT2D eigenvalue weighted by Crippen LogP contribution is 2.45. The molecule has 2 aliphatic heterocycles. The van der Waals surface area contributed by atoms with Crippen molar-refractivity contribution in [1.29, 1.82) is 0 Å². The third-order valence-corrected chi connectivity index (χ3v) is 5.43. The van der Waals surface area contributed by atoms with Gasteiger partial charge in [0.05, 0.1) is 27.4 Å². The third kappa shape index (κ3) is 2.96. The fourth-order valence-corrected chi connectivity index (χ4v) is 4.02. The number of fused-ring (bicyclic) bond motifs is 1. The van der Waals surface area contributed by atoms with Crippen molar-refractivity contribution in [2.45, 2.75) is 25.2 Å². The Bertz CT molecular complexity index is 730. The summed E-state index contributed by atoms with van der Waals surface area (Å²) in [4.78, 5) is 27.9. The van der Waals surface area contributed by atoms with Gasteiger partial charge in [-0.05, 0) is 24.6 Å². The molecule has 0 saturated carbocycles. The molecule has 2 N–H and O–H groups in total. The SMILES string of the molecule is COc1cc([C@H]2[C@@H]3[C@@H](C)NC(=O)N(C)[C@H]3NC(=O)N2C)cc(OC)c1OC. The maximum atomic E-state index is 12.6. The number of hydrogen-bond acceptors (Lipinski definition) is 5. The molecule has 2 heterocycles. The van der Waals surface area contributed by atoms with Crippen LogP contribution in [0.15, 0.2) is 12.1 Å². The zero-order valence-corrected chi connectivity index (χ0v) is 16.4. The van der Waals surface area contributed by atoms with Crippen LogP contribution in [0.4, 0.5) is 9.59 Å². The van der Waals surface area contributed by atoms with E-state index >= 15 is 0 Å². The van der Waals surface area contributed by atoms with Gasteiger partial charge in [-0.2, -0.15) is 0 Å². The Morgan fingerprint density at radius 1 is 0.889 bits per heavy atom. The van der Waals surface area contributed by atoms with E-state index < -0.39 is 6.17 Å². The Hall–Kier alpha value is -2.84. The number of benzene rings is 1. The van der Waals surface area contributed by atoms with E-state index in [9.17, 15) is 9.59 Å². The van der Waals surface area contributed by atoms with Crippen LogP contribution in [0.1, 0.15) is 18.5 Å². The highest BCUT2D eigenvalue weighted by molar-refractivity contribution is 5.80. The molecule has 1 aromatic carbocycles. The second kappa shape index (κ2) is 7.05. The van der Waals surface area contributed by atoms with Gasteiger partial charge in [0, 0.05) is 26.1 Å². The number of rotatable bonds is 4. The van der Waals surface area contributed by atoms with Gasteiger partial charge in [-0.3, -0.25) is 0 Å². The van der Waals surface area contributed by atoms with Crippen molar-refractivity contribution in [3.63, 3.8) is 0 Å². The summed E-state index contributed by atoms with van der Waals surface area (Å²) in [5.41, 5.74) is 0.841. The summed E-state index contributed by atoms with van der Waals surface area (Å²) in [6, 6.07) is 2.80. The van der Waals surface area contributed by atoms with E-state index in [-0.39, 0.29) is 30.1 Å². The Morgan fingerprint density at radius 2 is 1.44 bits per heavy atom. The minimum Gasteiger partial charge on any atom is -0.493 e. The van der Waals surface area contributed by atoms with E-state index in [1.165, 1.54) is 4.90 Å². The summed E-state index contributed by atoms with van der Waals surface area (Å²) in [6.07, 6.45) is -0.415. The molecule has 3 rings (SSSR count). The van der Waals surface area contributed by atoms with Crippen LogP contribution >= 0.6 is 0 Å². The molecule has 0 unspecified atom stereocenters. The second-order valence-electron chi connectivity index (χ2n) is 6.84. The van der Waals surface area contributed by atoms with Crippen molar-refractivity contribution in [3.05, 3.63) is 17.7 Å². The minimum atomic E-state index is -0.415. The highest BCUT2D eigenvalue weighted by Gasteiger charge is 2.49. The molecule has 0 aromatic heterocycles. The molecule has 0 aliphatic carbocycles. The number of carbonyl (C=O) groups excluding carboxylic acids is 2. The van der Waals surface area contributed by atoms with Crippen molar-refractivity contribution in [3.8, 4) is 17.2 Å². The standard InChI is InChI=1S/C18H26N4O5/c1-9-13-14(10-7-11(25-4)15(27-6)12(8-10)26-5)21(2)18(24)20-16(13)22(3)17(23)19-9/h7-9,13-14,16H,1-6H3,(H,19,23)(H,20,24)/t9-,13+,14+,16-/m1/s1. The zero-order valence-electron chi connectivity index (χ0n) is 16.4. The minimum absolute atomic E-state index is 0.0850. The number of urea groups is 2. The van der Waals surface area contributed by atoms with Crippen molar-refractivity contribution in [2.75, 3.05) is 35.4 Å². The first-order valence-corrected chi connectivity index (χ1v) is 8.70. The molecular formula is C18H26N4O5. The molecule has 0 spiro atoms. The Kier molecular flexibility index (Phi) is 4.95. The van der Waals surface area contributed by atoms with Gasteiger partial charge in [0.25, 0.3) is 0 Å². The molecule has 27 heavy (non-hydrogen) atoms. The third-order valence-electron chi connectivity index (χ3n) is 5.43. The average Bonchev–Trinajstić information content (AvgIpc) is 2.66.